The predicted molar refractivity (Wildman–Crippen MR) is 65.4 cm³/mol. The van der Waals surface area contributed by atoms with Crippen molar-refractivity contribution in [1.29, 1.82) is 0 Å². The van der Waals surface area contributed by atoms with Crippen LogP contribution < -0.4 is 5.32 Å². The fourth-order valence-electron chi connectivity index (χ4n) is 1.66. The molecule has 0 bridgehead atoms. The monoisotopic (exact) mass is 274 g/mol. The number of carbonyl (C=O) groups excluding carboxylic acids is 1. The lowest BCUT2D eigenvalue weighted by atomic mass is 10.1. The van der Waals surface area contributed by atoms with Crippen molar-refractivity contribution in [3.05, 3.63) is 29.6 Å². The van der Waals surface area contributed by atoms with Gasteiger partial charge in [0.1, 0.15) is 0 Å². The Bertz CT molecular complexity index is 432. The van der Waals surface area contributed by atoms with Crippen molar-refractivity contribution in [1.82, 2.24) is 10.3 Å². The van der Waals surface area contributed by atoms with Gasteiger partial charge in [0.25, 0.3) is 0 Å². The first-order valence-electron chi connectivity index (χ1n) is 6.10. The van der Waals surface area contributed by atoms with E-state index in [-0.39, 0.29) is 6.04 Å². The lowest BCUT2D eigenvalue weighted by Gasteiger charge is -2.17. The molecule has 1 N–H and O–H groups in total. The molecule has 0 unspecified atom stereocenters. The van der Waals surface area contributed by atoms with Crippen LogP contribution >= 0.6 is 0 Å². The normalized spacial score (nSPS) is 13.1. The third-order valence-electron chi connectivity index (χ3n) is 2.67. The van der Waals surface area contributed by atoms with E-state index in [4.69, 9.17) is 0 Å². The molecule has 0 spiro atoms. The van der Waals surface area contributed by atoms with Gasteiger partial charge >= 0.3 is 6.18 Å². The van der Waals surface area contributed by atoms with Gasteiger partial charge in [-0.2, -0.15) is 13.2 Å². The topological polar surface area (TPSA) is 42.0 Å². The Labute approximate surface area is 110 Å². The molecule has 0 radical (unpaired) electrons. The number of amides is 1. The summed E-state index contributed by atoms with van der Waals surface area (Å²) < 4.78 is 36.1. The molecule has 106 valence electrons. The molecule has 6 heteroatoms. The van der Waals surface area contributed by atoms with Gasteiger partial charge in [-0.05, 0) is 31.0 Å². The number of nitrogens with zero attached hydrogens (tertiary/aromatic N) is 1. The maximum Gasteiger partial charge on any atom is 0.389 e. The first kappa shape index (κ1) is 15.5. The molecule has 1 heterocycles. The van der Waals surface area contributed by atoms with E-state index in [9.17, 15) is 18.0 Å². The van der Waals surface area contributed by atoms with E-state index < -0.39 is 24.9 Å². The van der Waals surface area contributed by atoms with E-state index in [1.54, 1.807) is 6.20 Å². The Morgan fingerprint density at radius 2 is 2.16 bits per heavy atom. The smallest absolute Gasteiger partial charge is 0.348 e. The van der Waals surface area contributed by atoms with E-state index in [0.29, 0.717) is 12.1 Å². The number of aromatic nitrogens is 1. The van der Waals surface area contributed by atoms with Crippen LogP contribution in [0.2, 0.25) is 0 Å². The minimum absolute atomic E-state index is 0.347. The molecule has 1 rings (SSSR count). The highest BCUT2D eigenvalue weighted by atomic mass is 19.4. The molecule has 0 fully saturated rings. The minimum atomic E-state index is -4.30. The van der Waals surface area contributed by atoms with Gasteiger partial charge in [0.05, 0.1) is 18.2 Å². The van der Waals surface area contributed by atoms with Gasteiger partial charge in [-0.15, -0.1) is 0 Å². The number of aryl methyl sites for hydroxylation is 1. The van der Waals surface area contributed by atoms with Crippen molar-refractivity contribution >= 4 is 5.91 Å². The summed E-state index contributed by atoms with van der Waals surface area (Å²) >= 11 is 0. The Morgan fingerprint density at radius 1 is 1.47 bits per heavy atom. The number of nitrogens with one attached hydrogen (secondary N) is 1. The van der Waals surface area contributed by atoms with E-state index in [1.807, 2.05) is 26.0 Å². The number of rotatable bonds is 5. The van der Waals surface area contributed by atoms with Crippen LogP contribution in [0, 0.1) is 6.92 Å². The number of hydrogen-bond acceptors (Lipinski definition) is 2. The Hall–Kier alpha value is -1.59. The third-order valence-corrected chi connectivity index (χ3v) is 2.67. The van der Waals surface area contributed by atoms with Crippen LogP contribution in [0.4, 0.5) is 13.2 Å². The number of alkyl halides is 3. The van der Waals surface area contributed by atoms with Crippen molar-refractivity contribution in [3.8, 4) is 0 Å². The fourth-order valence-corrected chi connectivity index (χ4v) is 1.66. The number of carbonyl (C=O) groups is 1. The zero-order valence-corrected chi connectivity index (χ0v) is 10.9. The second kappa shape index (κ2) is 6.54. The van der Waals surface area contributed by atoms with Gasteiger partial charge in [0.15, 0.2) is 0 Å². The van der Waals surface area contributed by atoms with E-state index in [0.717, 1.165) is 5.56 Å². The van der Waals surface area contributed by atoms with Gasteiger partial charge in [0, 0.05) is 12.6 Å². The summed E-state index contributed by atoms with van der Waals surface area (Å²) in [7, 11) is 0. The van der Waals surface area contributed by atoms with Crippen molar-refractivity contribution in [2.45, 2.75) is 45.3 Å². The molecule has 0 aliphatic rings. The molecule has 1 aromatic rings. The number of pyridine rings is 1. The standard InChI is InChI=1S/C13H17F3N2O/c1-3-10(11-8-9(2)5-7-17-11)18-12(19)4-6-13(14,15)16/h5,7-8,10H,3-4,6H2,1-2H3,(H,18,19)/t10-/m0/s1. The van der Waals surface area contributed by atoms with Gasteiger partial charge in [-0.1, -0.05) is 6.92 Å². The highest BCUT2D eigenvalue weighted by Gasteiger charge is 2.28. The second-order valence-electron chi connectivity index (χ2n) is 4.40. The van der Waals surface area contributed by atoms with Crippen LogP contribution in [0.1, 0.15) is 43.5 Å². The molecule has 19 heavy (non-hydrogen) atoms. The maximum atomic E-state index is 12.0. The summed E-state index contributed by atoms with van der Waals surface area (Å²) in [5.41, 5.74) is 1.66. The lowest BCUT2D eigenvalue weighted by molar-refractivity contribution is -0.144. The second-order valence-corrected chi connectivity index (χ2v) is 4.40. The maximum absolute atomic E-state index is 12.0. The minimum Gasteiger partial charge on any atom is -0.348 e. The Kier molecular flexibility index (Phi) is 5.32. The lowest BCUT2D eigenvalue weighted by Crippen LogP contribution is -2.29. The van der Waals surface area contributed by atoms with Crippen LogP contribution in [0.5, 0.6) is 0 Å². The first-order chi connectivity index (χ1) is 8.81. The molecule has 0 saturated heterocycles. The van der Waals surface area contributed by atoms with Crippen molar-refractivity contribution in [2.75, 3.05) is 0 Å². The average Bonchev–Trinajstić information content (AvgIpc) is 2.32. The van der Waals surface area contributed by atoms with Crippen molar-refractivity contribution in [2.24, 2.45) is 0 Å². The molecule has 1 atom stereocenters. The molecule has 0 aromatic carbocycles. The van der Waals surface area contributed by atoms with Gasteiger partial charge in [0.2, 0.25) is 5.91 Å². The van der Waals surface area contributed by atoms with E-state index >= 15 is 0 Å². The Balaban J connectivity index is 2.60. The van der Waals surface area contributed by atoms with Crippen LogP contribution in [0.15, 0.2) is 18.3 Å². The van der Waals surface area contributed by atoms with Gasteiger partial charge in [-0.3, -0.25) is 9.78 Å². The average molecular weight is 274 g/mol. The number of hydrogen-bond donors (Lipinski definition) is 1. The van der Waals surface area contributed by atoms with Crippen LogP contribution in [0.3, 0.4) is 0 Å². The molecular formula is C13H17F3N2O. The first-order valence-corrected chi connectivity index (χ1v) is 6.10. The summed E-state index contributed by atoms with van der Waals surface area (Å²) in [6.45, 7) is 3.74. The fraction of sp³-hybridized carbons (Fsp3) is 0.538. The van der Waals surface area contributed by atoms with Crippen molar-refractivity contribution < 1.29 is 18.0 Å². The Morgan fingerprint density at radius 3 is 2.68 bits per heavy atom. The zero-order valence-electron chi connectivity index (χ0n) is 10.9. The highest BCUT2D eigenvalue weighted by Crippen LogP contribution is 2.22. The summed E-state index contributed by atoms with van der Waals surface area (Å²) in [5, 5.41) is 2.58. The molecule has 0 saturated carbocycles. The third kappa shape index (κ3) is 5.72. The summed E-state index contributed by atoms with van der Waals surface area (Å²) in [6.07, 6.45) is -3.76. The van der Waals surface area contributed by atoms with Crippen molar-refractivity contribution in [3.63, 3.8) is 0 Å². The summed E-state index contributed by atoms with van der Waals surface area (Å²) in [4.78, 5) is 15.6. The van der Waals surface area contributed by atoms with E-state index in [2.05, 4.69) is 10.3 Å². The van der Waals surface area contributed by atoms with Gasteiger partial charge < -0.3 is 5.32 Å². The predicted octanol–water partition coefficient (Wildman–Crippen LogP) is 3.30. The van der Waals surface area contributed by atoms with Crippen LogP contribution in [-0.2, 0) is 4.79 Å². The molecule has 1 amide bonds. The van der Waals surface area contributed by atoms with Crippen LogP contribution in [-0.4, -0.2) is 17.1 Å². The summed E-state index contributed by atoms with van der Waals surface area (Å²) in [5.74, 6) is -0.604. The van der Waals surface area contributed by atoms with Gasteiger partial charge in [-0.25, -0.2) is 0 Å². The molecule has 0 aliphatic heterocycles. The zero-order chi connectivity index (χ0) is 14.5. The molecule has 3 nitrogen and oxygen atoms in total. The van der Waals surface area contributed by atoms with Crippen LogP contribution in [0.25, 0.3) is 0 Å². The number of halogens is 3. The highest BCUT2D eigenvalue weighted by molar-refractivity contribution is 5.76. The largest absolute Gasteiger partial charge is 0.389 e. The molecule has 1 aromatic heterocycles. The van der Waals surface area contributed by atoms with E-state index in [1.165, 1.54) is 0 Å². The summed E-state index contributed by atoms with van der Waals surface area (Å²) in [6, 6.07) is 3.29. The molecular weight excluding hydrogens is 257 g/mol. The SMILES string of the molecule is CC[C@H](NC(=O)CCC(F)(F)F)c1cc(C)ccn1. The molecule has 0 aliphatic carbocycles. The quantitative estimate of drug-likeness (QED) is 0.895.